The van der Waals surface area contributed by atoms with Gasteiger partial charge in [-0.2, -0.15) is 5.10 Å². The van der Waals surface area contributed by atoms with Crippen LogP contribution in [0.3, 0.4) is 0 Å². The average molecular weight is 207 g/mol. The van der Waals surface area contributed by atoms with Gasteiger partial charge in [-0.15, -0.1) is 0 Å². The Bertz CT molecular complexity index is 329. The largest absolute Gasteiger partial charge is 0.297 e. The van der Waals surface area contributed by atoms with Crippen molar-refractivity contribution in [2.75, 3.05) is 13.1 Å². The highest BCUT2D eigenvalue weighted by atomic mass is 15.3. The standard InChI is InChI=1S/C12H21N3/c1-12(2,3)10-7-15(8-10)9-11-5-6-14(4)13-11/h5-6,10H,7-9H2,1-4H3. The van der Waals surface area contributed by atoms with E-state index >= 15 is 0 Å². The van der Waals surface area contributed by atoms with Gasteiger partial charge < -0.3 is 0 Å². The molecule has 84 valence electrons. The number of likely N-dealkylation sites (tertiary alicyclic amines) is 1. The summed E-state index contributed by atoms with van der Waals surface area (Å²) < 4.78 is 1.87. The van der Waals surface area contributed by atoms with Crippen LogP contribution in [0.4, 0.5) is 0 Å². The fraction of sp³-hybridized carbons (Fsp3) is 0.750. The van der Waals surface area contributed by atoms with Gasteiger partial charge in [-0.1, -0.05) is 20.8 Å². The second-order valence-corrected chi connectivity index (χ2v) is 5.74. The molecule has 1 saturated heterocycles. The molecule has 0 bridgehead atoms. The fourth-order valence-corrected chi connectivity index (χ4v) is 2.02. The second-order valence-electron chi connectivity index (χ2n) is 5.74. The molecule has 1 aliphatic heterocycles. The van der Waals surface area contributed by atoms with Crippen molar-refractivity contribution in [3.05, 3.63) is 18.0 Å². The summed E-state index contributed by atoms with van der Waals surface area (Å²) in [5.74, 6) is 0.848. The van der Waals surface area contributed by atoms with Crippen LogP contribution in [0.5, 0.6) is 0 Å². The number of hydrogen-bond donors (Lipinski definition) is 0. The number of aromatic nitrogens is 2. The van der Waals surface area contributed by atoms with Gasteiger partial charge in [0.15, 0.2) is 0 Å². The van der Waals surface area contributed by atoms with Crippen LogP contribution in [-0.4, -0.2) is 27.8 Å². The smallest absolute Gasteiger partial charge is 0.0764 e. The van der Waals surface area contributed by atoms with E-state index in [-0.39, 0.29) is 0 Å². The Labute approximate surface area is 92.1 Å². The van der Waals surface area contributed by atoms with Crippen LogP contribution in [0.2, 0.25) is 0 Å². The summed E-state index contributed by atoms with van der Waals surface area (Å²) in [4.78, 5) is 2.47. The lowest BCUT2D eigenvalue weighted by molar-refractivity contribution is 0.0180. The molecule has 0 radical (unpaired) electrons. The Morgan fingerprint density at radius 2 is 2.07 bits per heavy atom. The zero-order valence-electron chi connectivity index (χ0n) is 10.2. The summed E-state index contributed by atoms with van der Waals surface area (Å²) in [6.45, 7) is 10.4. The van der Waals surface area contributed by atoms with E-state index in [0.717, 1.165) is 12.5 Å². The van der Waals surface area contributed by atoms with E-state index in [4.69, 9.17) is 0 Å². The van der Waals surface area contributed by atoms with E-state index < -0.39 is 0 Å². The van der Waals surface area contributed by atoms with Crippen LogP contribution < -0.4 is 0 Å². The highest BCUT2D eigenvalue weighted by molar-refractivity contribution is 5.00. The Morgan fingerprint density at radius 1 is 1.40 bits per heavy atom. The van der Waals surface area contributed by atoms with Crippen molar-refractivity contribution in [2.24, 2.45) is 18.4 Å². The third kappa shape index (κ3) is 2.40. The van der Waals surface area contributed by atoms with Gasteiger partial charge in [0.2, 0.25) is 0 Å². The third-order valence-electron chi connectivity index (χ3n) is 3.34. The summed E-state index contributed by atoms with van der Waals surface area (Å²) in [6.07, 6.45) is 2.01. The molecular formula is C12H21N3. The van der Waals surface area contributed by atoms with E-state index in [0.29, 0.717) is 5.41 Å². The molecule has 1 fully saturated rings. The van der Waals surface area contributed by atoms with Gasteiger partial charge in [0.05, 0.1) is 5.69 Å². The molecule has 1 aromatic heterocycles. The molecule has 0 atom stereocenters. The van der Waals surface area contributed by atoms with E-state index in [1.54, 1.807) is 0 Å². The van der Waals surface area contributed by atoms with Crippen LogP contribution in [0.1, 0.15) is 26.5 Å². The number of hydrogen-bond acceptors (Lipinski definition) is 2. The van der Waals surface area contributed by atoms with Gasteiger partial charge in [0.25, 0.3) is 0 Å². The maximum atomic E-state index is 4.39. The quantitative estimate of drug-likeness (QED) is 0.738. The van der Waals surface area contributed by atoms with Gasteiger partial charge in [-0.3, -0.25) is 9.58 Å². The van der Waals surface area contributed by atoms with Crippen molar-refractivity contribution in [1.29, 1.82) is 0 Å². The summed E-state index contributed by atoms with van der Waals surface area (Å²) in [7, 11) is 1.97. The number of nitrogens with zero attached hydrogens (tertiary/aromatic N) is 3. The molecule has 0 unspecified atom stereocenters. The molecule has 1 aromatic rings. The Kier molecular flexibility index (Phi) is 2.59. The lowest BCUT2D eigenvalue weighted by atomic mass is 9.76. The molecule has 2 heterocycles. The molecule has 2 rings (SSSR count). The van der Waals surface area contributed by atoms with Crippen LogP contribution in [0, 0.1) is 11.3 Å². The normalized spacial score (nSPS) is 19.2. The topological polar surface area (TPSA) is 21.1 Å². The van der Waals surface area contributed by atoms with Crippen molar-refractivity contribution in [1.82, 2.24) is 14.7 Å². The predicted molar refractivity (Wildman–Crippen MR) is 61.4 cm³/mol. The SMILES string of the molecule is Cn1ccc(CN2CC(C(C)(C)C)C2)n1. The molecular weight excluding hydrogens is 186 g/mol. The van der Waals surface area contributed by atoms with Crippen LogP contribution in [0.25, 0.3) is 0 Å². The van der Waals surface area contributed by atoms with Crippen molar-refractivity contribution in [3.63, 3.8) is 0 Å². The monoisotopic (exact) mass is 207 g/mol. The summed E-state index contributed by atoms with van der Waals surface area (Å²) in [5, 5.41) is 4.39. The fourth-order valence-electron chi connectivity index (χ4n) is 2.02. The molecule has 15 heavy (non-hydrogen) atoms. The van der Waals surface area contributed by atoms with E-state index in [2.05, 4.69) is 36.8 Å². The third-order valence-corrected chi connectivity index (χ3v) is 3.34. The first-order chi connectivity index (χ1) is 6.95. The van der Waals surface area contributed by atoms with Gasteiger partial charge in [0.1, 0.15) is 0 Å². The van der Waals surface area contributed by atoms with E-state index in [1.807, 2.05) is 17.9 Å². The zero-order chi connectivity index (χ0) is 11.1. The van der Waals surface area contributed by atoms with Crippen molar-refractivity contribution in [2.45, 2.75) is 27.3 Å². The summed E-state index contributed by atoms with van der Waals surface area (Å²) >= 11 is 0. The highest BCUT2D eigenvalue weighted by Gasteiger charge is 2.35. The minimum absolute atomic E-state index is 0.459. The maximum absolute atomic E-state index is 4.39. The minimum Gasteiger partial charge on any atom is -0.297 e. The van der Waals surface area contributed by atoms with Gasteiger partial charge in [0, 0.05) is 32.9 Å². The maximum Gasteiger partial charge on any atom is 0.0764 e. The molecule has 3 heteroatoms. The predicted octanol–water partition coefficient (Wildman–Crippen LogP) is 1.90. The number of aryl methyl sites for hydroxylation is 1. The first-order valence-corrected chi connectivity index (χ1v) is 5.66. The van der Waals surface area contributed by atoms with Crippen molar-refractivity contribution in [3.8, 4) is 0 Å². The Balaban J connectivity index is 1.81. The van der Waals surface area contributed by atoms with Crippen molar-refractivity contribution >= 4 is 0 Å². The first kappa shape index (κ1) is 10.7. The van der Waals surface area contributed by atoms with Gasteiger partial charge >= 0.3 is 0 Å². The van der Waals surface area contributed by atoms with E-state index in [9.17, 15) is 0 Å². The van der Waals surface area contributed by atoms with Crippen LogP contribution >= 0.6 is 0 Å². The molecule has 0 N–H and O–H groups in total. The lowest BCUT2D eigenvalue weighted by Gasteiger charge is -2.46. The highest BCUT2D eigenvalue weighted by Crippen LogP contribution is 2.33. The van der Waals surface area contributed by atoms with Crippen molar-refractivity contribution < 1.29 is 0 Å². The minimum atomic E-state index is 0.459. The summed E-state index contributed by atoms with van der Waals surface area (Å²) in [6, 6.07) is 2.10. The Hall–Kier alpha value is -0.830. The zero-order valence-corrected chi connectivity index (χ0v) is 10.2. The average Bonchev–Trinajstić information content (AvgIpc) is 2.40. The molecule has 0 aliphatic carbocycles. The van der Waals surface area contributed by atoms with Crippen LogP contribution in [0.15, 0.2) is 12.3 Å². The second kappa shape index (κ2) is 3.63. The molecule has 3 nitrogen and oxygen atoms in total. The van der Waals surface area contributed by atoms with Gasteiger partial charge in [-0.05, 0) is 17.4 Å². The molecule has 1 aliphatic rings. The first-order valence-electron chi connectivity index (χ1n) is 5.66. The van der Waals surface area contributed by atoms with Gasteiger partial charge in [-0.25, -0.2) is 0 Å². The summed E-state index contributed by atoms with van der Waals surface area (Å²) in [5.41, 5.74) is 1.64. The van der Waals surface area contributed by atoms with E-state index in [1.165, 1.54) is 18.8 Å². The molecule has 0 amide bonds. The molecule has 0 aromatic carbocycles. The molecule has 0 saturated carbocycles. The lowest BCUT2D eigenvalue weighted by Crippen LogP contribution is -2.51. The molecule has 0 spiro atoms. The number of rotatable bonds is 2. The van der Waals surface area contributed by atoms with Crippen LogP contribution in [-0.2, 0) is 13.6 Å². The Morgan fingerprint density at radius 3 is 2.53 bits per heavy atom.